The number of fused-ring (bicyclic) bond motifs is 3. The third-order valence-corrected chi connectivity index (χ3v) is 7.20. The number of hydrogen-bond acceptors (Lipinski definition) is 4. The Morgan fingerprint density at radius 1 is 1.03 bits per heavy atom. The van der Waals surface area contributed by atoms with E-state index in [1.807, 2.05) is 0 Å². The van der Waals surface area contributed by atoms with Crippen LogP contribution in [-0.4, -0.2) is 34.5 Å². The van der Waals surface area contributed by atoms with Gasteiger partial charge in [-0.2, -0.15) is 5.26 Å². The van der Waals surface area contributed by atoms with Crippen molar-refractivity contribution in [1.82, 2.24) is 4.90 Å². The minimum absolute atomic E-state index is 0.0137. The van der Waals surface area contributed by atoms with Crippen molar-refractivity contribution < 1.29 is 27.5 Å². The monoisotopic (exact) mass is 512 g/mol. The molecule has 1 saturated carbocycles. The number of carbonyl (C=O) groups is 2. The summed E-state index contributed by atoms with van der Waals surface area (Å²) in [6, 6.07) is 10.2. The van der Waals surface area contributed by atoms with Crippen molar-refractivity contribution in [2.75, 3.05) is 0 Å². The molecule has 3 aliphatic rings. The molecular formula is C29H31F3N2O3. The van der Waals surface area contributed by atoms with E-state index in [2.05, 4.69) is 6.07 Å². The van der Waals surface area contributed by atoms with E-state index in [0.29, 0.717) is 12.0 Å². The second-order valence-corrected chi connectivity index (χ2v) is 11.1. The lowest BCUT2D eigenvalue weighted by Crippen LogP contribution is -2.61. The van der Waals surface area contributed by atoms with Gasteiger partial charge in [0, 0.05) is 12.5 Å². The SMILES string of the molecule is CC(C)(C)OC(=O)N1C2CCC(CC2)[C@H]1C(=O)C[C@H](C#N)Cc1ccc(-c2cc(F)c(F)c(F)c2)cc1. The minimum Gasteiger partial charge on any atom is -0.444 e. The minimum atomic E-state index is -1.52. The third kappa shape index (κ3) is 5.98. The molecular weight excluding hydrogens is 481 g/mol. The molecule has 8 heteroatoms. The van der Waals surface area contributed by atoms with Crippen molar-refractivity contribution in [3.05, 3.63) is 59.4 Å². The fourth-order valence-corrected chi connectivity index (χ4v) is 5.51. The molecule has 2 saturated heterocycles. The largest absolute Gasteiger partial charge is 0.444 e. The molecule has 2 aliphatic heterocycles. The third-order valence-electron chi connectivity index (χ3n) is 7.20. The lowest BCUT2D eigenvalue weighted by Gasteiger charge is -2.50. The highest BCUT2D eigenvalue weighted by Crippen LogP contribution is 2.41. The van der Waals surface area contributed by atoms with Gasteiger partial charge in [0.1, 0.15) is 5.60 Å². The Morgan fingerprint density at radius 3 is 2.16 bits per heavy atom. The van der Waals surface area contributed by atoms with Crippen molar-refractivity contribution in [2.45, 2.75) is 77.0 Å². The maximum absolute atomic E-state index is 13.6. The van der Waals surface area contributed by atoms with Crippen LogP contribution in [0.1, 0.15) is 58.4 Å². The molecule has 0 unspecified atom stereocenters. The zero-order valence-corrected chi connectivity index (χ0v) is 21.3. The number of amides is 1. The van der Waals surface area contributed by atoms with Crippen LogP contribution in [0.25, 0.3) is 11.1 Å². The normalized spacial score (nSPS) is 21.9. The van der Waals surface area contributed by atoms with E-state index >= 15 is 0 Å². The van der Waals surface area contributed by atoms with Gasteiger partial charge in [-0.25, -0.2) is 18.0 Å². The number of nitrogens with zero attached hydrogens (tertiary/aromatic N) is 2. The van der Waals surface area contributed by atoms with Gasteiger partial charge in [0.05, 0.1) is 18.0 Å². The Balaban J connectivity index is 1.45. The number of Topliss-reactive ketones (excluding diaryl/α,β-unsaturated/α-hetero) is 1. The number of halogens is 3. The summed E-state index contributed by atoms with van der Waals surface area (Å²) < 4.78 is 46.1. The van der Waals surface area contributed by atoms with Crippen LogP contribution in [0.4, 0.5) is 18.0 Å². The Morgan fingerprint density at radius 2 is 1.62 bits per heavy atom. The molecule has 2 heterocycles. The Hall–Kier alpha value is -3.34. The van der Waals surface area contributed by atoms with Crippen molar-refractivity contribution in [3.8, 4) is 17.2 Å². The molecule has 1 aliphatic carbocycles. The second kappa shape index (κ2) is 10.6. The average Bonchev–Trinajstić information content (AvgIpc) is 2.86. The molecule has 0 radical (unpaired) electrons. The van der Waals surface area contributed by atoms with Crippen LogP contribution in [0.3, 0.4) is 0 Å². The Labute approximate surface area is 215 Å². The van der Waals surface area contributed by atoms with Crippen molar-refractivity contribution in [1.29, 1.82) is 5.26 Å². The molecule has 0 aromatic heterocycles. The number of rotatable bonds is 6. The van der Waals surface area contributed by atoms with Gasteiger partial charge in [-0.3, -0.25) is 9.69 Å². The molecule has 2 atom stereocenters. The van der Waals surface area contributed by atoms with Gasteiger partial charge in [0.15, 0.2) is 23.2 Å². The van der Waals surface area contributed by atoms with E-state index < -0.39 is 41.1 Å². The number of hydrogen-bond donors (Lipinski definition) is 0. The Bertz CT molecular complexity index is 1190. The van der Waals surface area contributed by atoms with Gasteiger partial charge in [-0.05, 0) is 87.6 Å². The van der Waals surface area contributed by atoms with Crippen molar-refractivity contribution >= 4 is 11.9 Å². The standard InChI is InChI=1S/C29H31F3N2O3/c1-29(2,3)37-28(36)34-22-10-8-20(9-11-22)27(34)25(35)13-18(16-33)12-17-4-6-19(7-5-17)21-14-23(30)26(32)24(31)15-21/h4-7,14-15,18,20,22,27H,8-13H2,1-3H3/t18-,20?,22?,27+/m1/s1. The van der Waals surface area contributed by atoms with Crippen molar-refractivity contribution in [3.63, 3.8) is 0 Å². The number of piperidine rings is 2. The van der Waals surface area contributed by atoms with Crippen LogP contribution in [0.2, 0.25) is 0 Å². The predicted octanol–water partition coefficient (Wildman–Crippen LogP) is 6.59. The summed E-state index contributed by atoms with van der Waals surface area (Å²) in [5.41, 5.74) is 0.802. The van der Waals surface area contributed by atoms with Gasteiger partial charge in [-0.15, -0.1) is 0 Å². The summed E-state index contributed by atoms with van der Waals surface area (Å²) >= 11 is 0. The summed E-state index contributed by atoms with van der Waals surface area (Å²) in [5, 5.41) is 9.79. The van der Waals surface area contributed by atoms with Crippen molar-refractivity contribution in [2.24, 2.45) is 11.8 Å². The highest BCUT2D eigenvalue weighted by atomic mass is 19.2. The zero-order chi connectivity index (χ0) is 26.9. The molecule has 1 amide bonds. The maximum Gasteiger partial charge on any atom is 0.411 e. The molecule has 0 spiro atoms. The first-order valence-electron chi connectivity index (χ1n) is 12.6. The second-order valence-electron chi connectivity index (χ2n) is 11.1. The highest BCUT2D eigenvalue weighted by Gasteiger charge is 2.48. The molecule has 5 rings (SSSR count). The van der Waals surface area contributed by atoms with Crippen LogP contribution < -0.4 is 0 Å². The molecule has 2 aromatic carbocycles. The van der Waals surface area contributed by atoms with Crippen LogP contribution in [-0.2, 0) is 16.0 Å². The summed E-state index contributed by atoms with van der Waals surface area (Å²) in [6.07, 6.45) is 3.31. The Kier molecular flexibility index (Phi) is 7.63. The molecule has 37 heavy (non-hydrogen) atoms. The van der Waals surface area contributed by atoms with E-state index in [9.17, 15) is 28.0 Å². The quantitative estimate of drug-likeness (QED) is 0.410. The zero-order valence-electron chi connectivity index (χ0n) is 21.3. The van der Waals surface area contributed by atoms with Crippen LogP contribution >= 0.6 is 0 Å². The summed E-state index contributed by atoms with van der Waals surface area (Å²) in [6.45, 7) is 5.39. The van der Waals surface area contributed by atoms with Crippen LogP contribution in [0, 0.1) is 40.6 Å². The van der Waals surface area contributed by atoms with E-state index in [1.54, 1.807) is 49.9 Å². The molecule has 5 nitrogen and oxygen atoms in total. The number of ether oxygens (including phenoxy) is 1. The van der Waals surface area contributed by atoms with Gasteiger partial charge in [-0.1, -0.05) is 24.3 Å². The van der Waals surface area contributed by atoms with Crippen LogP contribution in [0.5, 0.6) is 0 Å². The lowest BCUT2D eigenvalue weighted by molar-refractivity contribution is -0.133. The first-order valence-corrected chi connectivity index (χ1v) is 12.6. The number of ketones is 1. The average molecular weight is 513 g/mol. The van der Waals surface area contributed by atoms with Gasteiger partial charge in [0.25, 0.3) is 0 Å². The van der Waals surface area contributed by atoms with Gasteiger partial charge >= 0.3 is 6.09 Å². The first-order chi connectivity index (χ1) is 17.5. The summed E-state index contributed by atoms with van der Waals surface area (Å²) in [7, 11) is 0. The summed E-state index contributed by atoms with van der Waals surface area (Å²) in [5.74, 6) is -4.70. The molecule has 0 N–H and O–H groups in total. The number of carbonyl (C=O) groups excluding carboxylic acids is 2. The molecule has 2 bridgehead atoms. The number of nitriles is 1. The van der Waals surface area contributed by atoms with Gasteiger partial charge < -0.3 is 4.74 Å². The topological polar surface area (TPSA) is 70.4 Å². The molecule has 2 aromatic rings. The molecule has 196 valence electrons. The van der Waals surface area contributed by atoms with Gasteiger partial charge in [0.2, 0.25) is 0 Å². The van der Waals surface area contributed by atoms with E-state index in [4.69, 9.17) is 4.74 Å². The number of benzene rings is 2. The van der Waals surface area contributed by atoms with Crippen LogP contribution in [0.15, 0.2) is 36.4 Å². The molecule has 3 fully saturated rings. The van der Waals surface area contributed by atoms with E-state index in [0.717, 1.165) is 43.4 Å². The van der Waals surface area contributed by atoms with E-state index in [-0.39, 0.29) is 29.7 Å². The maximum atomic E-state index is 13.6. The fourth-order valence-electron chi connectivity index (χ4n) is 5.51. The smallest absolute Gasteiger partial charge is 0.411 e. The highest BCUT2D eigenvalue weighted by molar-refractivity contribution is 5.89. The predicted molar refractivity (Wildman–Crippen MR) is 132 cm³/mol. The lowest BCUT2D eigenvalue weighted by atomic mass is 9.72. The van der Waals surface area contributed by atoms with E-state index in [1.165, 1.54) is 0 Å². The first kappa shape index (κ1) is 26.7. The fraction of sp³-hybridized carbons (Fsp3) is 0.483. The summed E-state index contributed by atoms with van der Waals surface area (Å²) in [4.78, 5) is 28.1.